The van der Waals surface area contributed by atoms with E-state index >= 15 is 0 Å². The maximum Gasteiger partial charge on any atom is -1.00 e. The standard InChI is InChI=1S/C13H9.C10H8Br.2ClH.Zr/c1-3-7-12-10(5-1)9-11-6-2-4-8-13(11)12;1-7-5-8-3-2-4-10(11)9(8)6-7;;;/h1-9H;2-6H,1H3;2*1H;/q;;;;+2/p-2. The summed E-state index contributed by atoms with van der Waals surface area (Å²) in [6.45, 7) is 2.32. The van der Waals surface area contributed by atoms with Crippen LogP contribution in [-0.4, -0.2) is 0 Å². The van der Waals surface area contributed by atoms with Crippen LogP contribution < -0.4 is 24.8 Å². The van der Waals surface area contributed by atoms with Gasteiger partial charge >= 0.3 is 170 Å². The average Bonchev–Trinajstić information content (AvgIpc) is 3.13. The molecule has 1 unspecified atom stereocenters. The molecular formula is C23H17BrCl2Zr. The van der Waals surface area contributed by atoms with Gasteiger partial charge in [0, 0.05) is 0 Å². The molecule has 4 heteroatoms. The Morgan fingerprint density at radius 3 is 1.89 bits per heavy atom. The fourth-order valence-corrected chi connectivity index (χ4v) is 9.58. The molecule has 3 aromatic carbocycles. The van der Waals surface area contributed by atoms with Gasteiger partial charge in [-0.3, -0.25) is 0 Å². The van der Waals surface area contributed by atoms with E-state index < -0.39 is 23.2 Å². The summed E-state index contributed by atoms with van der Waals surface area (Å²) in [6.07, 6.45) is 2.40. The van der Waals surface area contributed by atoms with Gasteiger partial charge in [-0.05, 0) is 0 Å². The first-order valence-electron chi connectivity index (χ1n) is 8.65. The molecule has 0 aromatic heterocycles. The van der Waals surface area contributed by atoms with Crippen molar-refractivity contribution < 1.29 is 48.0 Å². The zero-order chi connectivity index (χ0) is 17.0. The average molecular weight is 535 g/mol. The van der Waals surface area contributed by atoms with Crippen molar-refractivity contribution in [2.45, 2.75) is 14.2 Å². The Kier molecular flexibility index (Phi) is 6.53. The van der Waals surface area contributed by atoms with E-state index in [1.54, 1.807) is 22.3 Å². The van der Waals surface area contributed by atoms with E-state index in [0.717, 1.165) is 0 Å². The molecule has 0 radical (unpaired) electrons. The van der Waals surface area contributed by atoms with Gasteiger partial charge < -0.3 is 24.8 Å². The second-order valence-corrected chi connectivity index (χ2v) is 11.4. The Hall–Kier alpha value is -0.657. The van der Waals surface area contributed by atoms with E-state index in [1.165, 1.54) is 21.2 Å². The summed E-state index contributed by atoms with van der Waals surface area (Å²) in [7, 11) is 0. The first kappa shape index (κ1) is 21.1. The van der Waals surface area contributed by atoms with E-state index in [4.69, 9.17) is 0 Å². The third kappa shape index (κ3) is 3.44. The Morgan fingerprint density at radius 2 is 1.26 bits per heavy atom. The molecule has 0 aliphatic heterocycles. The zero-order valence-electron chi connectivity index (χ0n) is 14.7. The number of halogens is 3. The van der Waals surface area contributed by atoms with Gasteiger partial charge in [0.2, 0.25) is 0 Å². The molecule has 2 aliphatic carbocycles. The predicted octanol–water partition coefficient (Wildman–Crippen LogP) is 0.768. The molecule has 0 saturated heterocycles. The smallest absolute Gasteiger partial charge is 1.00 e. The van der Waals surface area contributed by atoms with E-state index in [-0.39, 0.29) is 24.8 Å². The minimum atomic E-state index is -0.762. The van der Waals surface area contributed by atoms with Crippen LogP contribution in [-0.2, 0) is 23.2 Å². The first-order valence-corrected chi connectivity index (χ1v) is 12.3. The van der Waals surface area contributed by atoms with Crippen molar-refractivity contribution >= 4 is 22.0 Å². The third-order valence-electron chi connectivity index (χ3n) is 5.39. The fraction of sp³-hybridized carbons (Fsp3) is 0.130. The van der Waals surface area contributed by atoms with Crippen molar-refractivity contribution in [1.82, 2.24) is 0 Å². The molecule has 2 aliphatic rings. The molecule has 0 saturated carbocycles. The molecule has 0 spiro atoms. The minimum absolute atomic E-state index is 0. The molecular weight excluding hydrogens is 518 g/mol. The molecule has 0 bridgehead atoms. The van der Waals surface area contributed by atoms with Crippen LogP contribution in [0.5, 0.6) is 0 Å². The number of fused-ring (bicyclic) bond motifs is 4. The van der Waals surface area contributed by atoms with Crippen molar-refractivity contribution in [3.05, 3.63) is 99.0 Å². The number of benzene rings is 3. The van der Waals surface area contributed by atoms with Crippen molar-refractivity contribution in [3.8, 4) is 11.1 Å². The zero-order valence-corrected chi connectivity index (χ0v) is 20.3. The van der Waals surface area contributed by atoms with Crippen molar-refractivity contribution in [2.24, 2.45) is 0 Å². The molecule has 0 fully saturated rings. The summed E-state index contributed by atoms with van der Waals surface area (Å²) in [5.74, 6) is 0. The van der Waals surface area contributed by atoms with Crippen molar-refractivity contribution in [1.29, 1.82) is 0 Å². The number of rotatable bonds is 2. The van der Waals surface area contributed by atoms with E-state index in [2.05, 4.69) is 95.7 Å². The molecule has 0 N–H and O–H groups in total. The van der Waals surface area contributed by atoms with E-state index in [1.807, 2.05) is 0 Å². The summed E-state index contributed by atoms with van der Waals surface area (Å²) >= 11 is 2.98. The molecule has 3 aromatic rings. The molecule has 0 heterocycles. The molecule has 1 atom stereocenters. The maximum absolute atomic E-state index is 3.74. The number of allylic oxidation sites excluding steroid dienone is 1. The second kappa shape index (κ2) is 8.38. The predicted molar refractivity (Wildman–Crippen MR) is 104 cm³/mol. The minimum Gasteiger partial charge on any atom is -1.00 e. The largest absolute Gasteiger partial charge is 1.00 e. The summed E-state index contributed by atoms with van der Waals surface area (Å²) in [4.78, 5) is 0. The summed E-state index contributed by atoms with van der Waals surface area (Å²) in [5.41, 5.74) is 10.5. The van der Waals surface area contributed by atoms with Crippen LogP contribution in [0.1, 0.15) is 36.4 Å². The quantitative estimate of drug-likeness (QED) is 0.455. The van der Waals surface area contributed by atoms with Crippen LogP contribution in [0.15, 0.2) is 76.8 Å². The van der Waals surface area contributed by atoms with Gasteiger partial charge in [0.15, 0.2) is 0 Å². The Bertz CT molecular complexity index is 983. The van der Waals surface area contributed by atoms with Gasteiger partial charge in [0.25, 0.3) is 0 Å². The Balaban J connectivity index is 0.00000105. The van der Waals surface area contributed by atoms with Gasteiger partial charge in [-0.15, -0.1) is 0 Å². The number of hydrogen-bond acceptors (Lipinski definition) is 0. The van der Waals surface area contributed by atoms with Gasteiger partial charge in [0.05, 0.1) is 0 Å². The van der Waals surface area contributed by atoms with E-state index in [9.17, 15) is 0 Å². The Morgan fingerprint density at radius 1 is 0.704 bits per heavy atom. The topological polar surface area (TPSA) is 0 Å². The van der Waals surface area contributed by atoms with Gasteiger partial charge in [-0.25, -0.2) is 0 Å². The Labute approximate surface area is 193 Å². The third-order valence-corrected chi connectivity index (χ3v) is 11.1. The summed E-state index contributed by atoms with van der Waals surface area (Å²) in [5, 5.41) is 0. The van der Waals surface area contributed by atoms with Crippen LogP contribution >= 0.6 is 15.9 Å². The van der Waals surface area contributed by atoms with Crippen molar-refractivity contribution in [3.63, 3.8) is 0 Å². The van der Waals surface area contributed by atoms with E-state index in [0.29, 0.717) is 7.25 Å². The molecule has 0 amide bonds. The SMILES string of the molecule is CC1=Cc2c(Br)cccc2[CH]1[Zr+2][CH]1c2ccccc2-c2ccccc21.[Cl-].[Cl-]. The van der Waals surface area contributed by atoms with Crippen LogP contribution in [0, 0.1) is 0 Å². The first-order chi connectivity index (χ1) is 12.2. The van der Waals surface area contributed by atoms with Crippen LogP contribution in [0.4, 0.5) is 0 Å². The maximum atomic E-state index is 3.74. The number of hydrogen-bond donors (Lipinski definition) is 0. The normalized spacial score (nSPS) is 16.2. The molecule has 5 rings (SSSR count). The van der Waals surface area contributed by atoms with Gasteiger partial charge in [-0.2, -0.15) is 0 Å². The van der Waals surface area contributed by atoms with Crippen LogP contribution in [0.25, 0.3) is 17.2 Å². The van der Waals surface area contributed by atoms with Gasteiger partial charge in [-0.1, -0.05) is 0 Å². The summed E-state index contributed by atoms with van der Waals surface area (Å²) < 4.78 is 2.55. The van der Waals surface area contributed by atoms with Crippen LogP contribution in [0.2, 0.25) is 0 Å². The van der Waals surface area contributed by atoms with Gasteiger partial charge in [0.1, 0.15) is 0 Å². The molecule has 134 valence electrons. The molecule has 0 nitrogen and oxygen atoms in total. The molecule has 27 heavy (non-hydrogen) atoms. The monoisotopic (exact) mass is 532 g/mol. The summed E-state index contributed by atoms with van der Waals surface area (Å²) in [6, 6.07) is 24.8. The van der Waals surface area contributed by atoms with Crippen LogP contribution in [0.3, 0.4) is 0 Å². The van der Waals surface area contributed by atoms with Crippen molar-refractivity contribution in [2.75, 3.05) is 0 Å². The fourth-order valence-electron chi connectivity index (χ4n) is 4.24. The second-order valence-electron chi connectivity index (χ2n) is 6.84.